The van der Waals surface area contributed by atoms with Crippen molar-refractivity contribution >= 4 is 45.9 Å². The van der Waals surface area contributed by atoms with Crippen molar-refractivity contribution in [2.75, 3.05) is 28.3 Å². The van der Waals surface area contributed by atoms with Gasteiger partial charge in [-0.1, -0.05) is 71.7 Å². The molecule has 0 heterocycles. The Kier molecular flexibility index (Phi) is 9.20. The molecule has 7 nitrogen and oxygen atoms in total. The summed E-state index contributed by atoms with van der Waals surface area (Å²) in [5.41, 5.74) is 3.48. The molecule has 0 radical (unpaired) electrons. The zero-order valence-corrected chi connectivity index (χ0v) is 24.1. The minimum atomic E-state index is -1.22. The maximum atomic E-state index is 13.0. The van der Waals surface area contributed by atoms with Gasteiger partial charge in [0, 0.05) is 18.5 Å². The number of amides is 1. The molecule has 9 heteroatoms. The van der Waals surface area contributed by atoms with E-state index in [1.54, 1.807) is 20.3 Å². The summed E-state index contributed by atoms with van der Waals surface area (Å²) in [6, 6.07) is 18.9. The molecule has 208 valence electrons. The van der Waals surface area contributed by atoms with Crippen LogP contribution in [-0.2, 0) is 17.8 Å². The number of nitrogens with zero attached hydrogens (tertiary/aromatic N) is 1. The second kappa shape index (κ2) is 12.6. The SMILES string of the molecule is COc1ccc(CN(C)C)c(OC)c1-c1cccc2c(C[C@H](NC(=O)c3c(Cl)cccc3Cl)C(=O)O)cccc12. The zero-order valence-electron chi connectivity index (χ0n) is 22.6. The van der Waals surface area contributed by atoms with E-state index in [1.165, 1.54) is 12.1 Å². The zero-order chi connectivity index (χ0) is 29.0. The van der Waals surface area contributed by atoms with Crippen LogP contribution in [0.5, 0.6) is 11.5 Å². The maximum Gasteiger partial charge on any atom is 0.326 e. The van der Waals surface area contributed by atoms with Gasteiger partial charge in [0.05, 0.1) is 35.4 Å². The van der Waals surface area contributed by atoms with E-state index in [-0.39, 0.29) is 22.0 Å². The Hall–Kier alpha value is -3.78. The lowest BCUT2D eigenvalue weighted by atomic mass is 9.91. The normalized spacial score (nSPS) is 11.9. The van der Waals surface area contributed by atoms with Crippen LogP contribution in [0.4, 0.5) is 0 Å². The van der Waals surface area contributed by atoms with Crippen LogP contribution < -0.4 is 14.8 Å². The molecule has 0 bridgehead atoms. The average Bonchev–Trinajstić information content (AvgIpc) is 2.91. The topological polar surface area (TPSA) is 88.1 Å². The standard InChI is InChI=1S/C31H30Cl2N2O5/c1-35(2)17-19-14-15-26(39-3)27(29(19)40-4)22-11-6-9-20-18(8-5-10-21(20)22)16-25(31(37)38)34-30(36)28-23(32)12-7-13-24(28)33/h5-15,25H,16-17H2,1-4H3,(H,34,36)(H,37,38)/t25-/m0/s1. The fourth-order valence-corrected chi connectivity index (χ4v) is 5.44. The fraction of sp³-hybridized carbons (Fsp3) is 0.226. The van der Waals surface area contributed by atoms with Crippen molar-refractivity contribution in [1.29, 1.82) is 0 Å². The van der Waals surface area contributed by atoms with Crippen LogP contribution in [0.15, 0.2) is 66.7 Å². The molecule has 40 heavy (non-hydrogen) atoms. The van der Waals surface area contributed by atoms with E-state index in [0.29, 0.717) is 18.0 Å². The van der Waals surface area contributed by atoms with Gasteiger partial charge in [-0.05, 0) is 54.2 Å². The third-order valence-electron chi connectivity index (χ3n) is 6.61. The van der Waals surface area contributed by atoms with Crippen LogP contribution in [0.25, 0.3) is 21.9 Å². The lowest BCUT2D eigenvalue weighted by Crippen LogP contribution is -2.42. The maximum absolute atomic E-state index is 13.0. The Bertz CT molecular complexity index is 1550. The molecule has 0 fully saturated rings. The molecular weight excluding hydrogens is 551 g/mol. The van der Waals surface area contributed by atoms with Crippen LogP contribution in [0.2, 0.25) is 10.0 Å². The number of carboxylic acid groups (broad SMARTS) is 1. The summed E-state index contributed by atoms with van der Waals surface area (Å²) in [6.45, 7) is 0.672. The summed E-state index contributed by atoms with van der Waals surface area (Å²) >= 11 is 12.3. The third-order valence-corrected chi connectivity index (χ3v) is 7.24. The Labute approximate surface area is 243 Å². The van der Waals surface area contributed by atoms with Crippen molar-refractivity contribution in [1.82, 2.24) is 10.2 Å². The van der Waals surface area contributed by atoms with E-state index >= 15 is 0 Å². The first-order chi connectivity index (χ1) is 19.2. The number of rotatable bonds is 10. The number of benzene rings is 4. The summed E-state index contributed by atoms with van der Waals surface area (Å²) in [4.78, 5) is 27.3. The number of hydrogen-bond donors (Lipinski definition) is 2. The minimum absolute atomic E-state index is 0.0362. The average molecular weight is 581 g/mol. The number of ether oxygens (including phenoxy) is 2. The molecule has 0 saturated carbocycles. The Balaban J connectivity index is 1.78. The molecule has 0 aliphatic rings. The van der Waals surface area contributed by atoms with Crippen LogP contribution in [0.3, 0.4) is 0 Å². The third kappa shape index (κ3) is 6.02. The highest BCUT2D eigenvalue weighted by Gasteiger charge is 2.25. The van der Waals surface area contributed by atoms with Gasteiger partial charge in [0.15, 0.2) is 0 Å². The number of carbonyl (C=O) groups is 2. The van der Waals surface area contributed by atoms with Crippen molar-refractivity contribution in [3.63, 3.8) is 0 Å². The van der Waals surface area contributed by atoms with E-state index in [4.69, 9.17) is 32.7 Å². The van der Waals surface area contributed by atoms with Gasteiger partial charge in [-0.2, -0.15) is 0 Å². The molecule has 0 aliphatic carbocycles. The van der Waals surface area contributed by atoms with E-state index in [9.17, 15) is 14.7 Å². The number of fused-ring (bicyclic) bond motifs is 1. The minimum Gasteiger partial charge on any atom is -0.496 e. The van der Waals surface area contributed by atoms with Crippen molar-refractivity contribution in [2.24, 2.45) is 0 Å². The molecule has 4 aromatic rings. The molecule has 0 aliphatic heterocycles. The van der Waals surface area contributed by atoms with Gasteiger partial charge in [0.2, 0.25) is 0 Å². The van der Waals surface area contributed by atoms with E-state index in [2.05, 4.69) is 10.2 Å². The second-order valence-electron chi connectivity index (χ2n) is 9.56. The number of aliphatic carboxylic acids is 1. The summed E-state index contributed by atoms with van der Waals surface area (Å²) in [6.07, 6.45) is 0.0406. The highest BCUT2D eigenvalue weighted by molar-refractivity contribution is 6.39. The lowest BCUT2D eigenvalue weighted by Gasteiger charge is -2.21. The first kappa shape index (κ1) is 29.2. The number of nitrogens with one attached hydrogen (secondary N) is 1. The van der Waals surface area contributed by atoms with Crippen LogP contribution in [0, 0.1) is 0 Å². The number of carboxylic acids is 1. The van der Waals surface area contributed by atoms with Crippen molar-refractivity contribution in [3.8, 4) is 22.6 Å². The Morgan fingerprint density at radius 3 is 2.15 bits per heavy atom. The van der Waals surface area contributed by atoms with Gasteiger partial charge in [-0.3, -0.25) is 4.79 Å². The summed E-state index contributed by atoms with van der Waals surface area (Å²) in [5.74, 6) is -0.469. The van der Waals surface area contributed by atoms with Gasteiger partial charge in [-0.15, -0.1) is 0 Å². The quantitative estimate of drug-likeness (QED) is 0.228. The summed E-state index contributed by atoms with van der Waals surface area (Å²) in [5, 5.41) is 14.6. The predicted molar refractivity (Wildman–Crippen MR) is 159 cm³/mol. The molecule has 4 rings (SSSR count). The van der Waals surface area contributed by atoms with Crippen LogP contribution >= 0.6 is 23.2 Å². The molecule has 0 aromatic heterocycles. The molecule has 2 N–H and O–H groups in total. The van der Waals surface area contributed by atoms with Crippen LogP contribution in [0.1, 0.15) is 21.5 Å². The van der Waals surface area contributed by atoms with Gasteiger partial charge in [0.25, 0.3) is 5.91 Å². The van der Waals surface area contributed by atoms with E-state index < -0.39 is 17.9 Å². The summed E-state index contributed by atoms with van der Waals surface area (Å²) in [7, 11) is 7.24. The van der Waals surface area contributed by atoms with Gasteiger partial charge >= 0.3 is 5.97 Å². The first-order valence-electron chi connectivity index (χ1n) is 12.5. The molecule has 1 atom stereocenters. The van der Waals surface area contributed by atoms with Gasteiger partial charge in [0.1, 0.15) is 17.5 Å². The van der Waals surface area contributed by atoms with E-state index in [1.807, 2.05) is 62.6 Å². The monoisotopic (exact) mass is 580 g/mol. The highest BCUT2D eigenvalue weighted by Crippen LogP contribution is 2.44. The number of carbonyl (C=O) groups excluding carboxylic acids is 1. The Morgan fingerprint density at radius 1 is 0.875 bits per heavy atom. The van der Waals surface area contributed by atoms with Crippen molar-refractivity contribution in [2.45, 2.75) is 19.0 Å². The largest absolute Gasteiger partial charge is 0.496 e. The number of halogens is 2. The smallest absolute Gasteiger partial charge is 0.326 e. The molecule has 1 amide bonds. The molecule has 0 spiro atoms. The lowest BCUT2D eigenvalue weighted by molar-refractivity contribution is -0.139. The predicted octanol–water partition coefficient (Wildman–Crippen LogP) is 6.32. The van der Waals surface area contributed by atoms with Crippen molar-refractivity contribution in [3.05, 3.63) is 93.5 Å². The molecular formula is C31H30Cl2N2O5. The Morgan fingerprint density at radius 2 is 1.52 bits per heavy atom. The number of methoxy groups -OCH3 is 2. The molecule has 0 unspecified atom stereocenters. The second-order valence-corrected chi connectivity index (χ2v) is 10.4. The molecule has 4 aromatic carbocycles. The van der Waals surface area contributed by atoms with Crippen molar-refractivity contribution < 1.29 is 24.2 Å². The van der Waals surface area contributed by atoms with Crippen LogP contribution in [-0.4, -0.2) is 56.2 Å². The van der Waals surface area contributed by atoms with E-state index in [0.717, 1.165) is 33.0 Å². The number of hydrogen-bond acceptors (Lipinski definition) is 5. The first-order valence-corrected chi connectivity index (χ1v) is 13.3. The van der Waals surface area contributed by atoms with Gasteiger partial charge in [-0.25, -0.2) is 4.79 Å². The highest BCUT2D eigenvalue weighted by atomic mass is 35.5. The fourth-order valence-electron chi connectivity index (χ4n) is 4.87. The summed E-state index contributed by atoms with van der Waals surface area (Å²) < 4.78 is 11.6. The van der Waals surface area contributed by atoms with Gasteiger partial charge < -0.3 is 24.8 Å². The molecule has 0 saturated heterocycles.